The maximum Gasteiger partial charge on any atom is 0.274 e. The maximum atomic E-state index is 11.4. The number of halogens is 2. The highest BCUT2D eigenvalue weighted by atomic mass is 35.5. The lowest BCUT2D eigenvalue weighted by atomic mass is 10.1. The number of amides is 1. The normalized spacial score (nSPS) is 22.6. The molecule has 0 aromatic heterocycles. The lowest BCUT2D eigenvalue weighted by molar-refractivity contribution is 0.0706. The summed E-state index contributed by atoms with van der Waals surface area (Å²) in [5.41, 5.74) is 4.05. The van der Waals surface area contributed by atoms with E-state index in [1.165, 1.54) is 0 Å². The predicted molar refractivity (Wildman–Crippen MR) is 102 cm³/mol. The topological polar surface area (TPSA) is 61.4 Å². The van der Waals surface area contributed by atoms with Gasteiger partial charge >= 0.3 is 0 Å². The van der Waals surface area contributed by atoms with Gasteiger partial charge in [0.1, 0.15) is 11.6 Å². The van der Waals surface area contributed by atoms with Gasteiger partial charge in [-0.1, -0.05) is 23.2 Å². The summed E-state index contributed by atoms with van der Waals surface area (Å²) in [4.78, 5) is 11.4. The molecule has 7 heteroatoms. The van der Waals surface area contributed by atoms with Gasteiger partial charge in [-0.2, -0.15) is 0 Å². The number of likely N-dealkylation sites (N-methyl/N-ethyl adjacent to an activating group) is 1. The van der Waals surface area contributed by atoms with E-state index in [4.69, 9.17) is 28.4 Å². The molecule has 1 aliphatic rings. The molecule has 2 unspecified atom stereocenters. The lowest BCUT2D eigenvalue weighted by Gasteiger charge is -2.30. The molecule has 0 radical (unpaired) electrons. The summed E-state index contributed by atoms with van der Waals surface area (Å²) in [7, 11) is 2.17. The Hall–Kier alpha value is -1.79. The van der Waals surface area contributed by atoms with Crippen LogP contribution in [0.5, 0.6) is 0 Å². The number of quaternary nitrogens is 1. The van der Waals surface area contributed by atoms with Crippen LogP contribution >= 0.6 is 23.2 Å². The smallest absolute Gasteiger partial charge is 0.274 e. The van der Waals surface area contributed by atoms with E-state index in [0.717, 1.165) is 35.4 Å². The van der Waals surface area contributed by atoms with Gasteiger partial charge in [0.2, 0.25) is 0 Å². The first kappa shape index (κ1) is 18.0. The molecule has 2 aromatic rings. The maximum absolute atomic E-state index is 11.4. The Balaban J connectivity index is 1.69. The first-order valence-corrected chi connectivity index (χ1v) is 8.78. The fourth-order valence-corrected chi connectivity index (χ4v) is 4.00. The van der Waals surface area contributed by atoms with Gasteiger partial charge in [-0.25, -0.2) is 5.48 Å². The molecule has 3 N–H and O–H groups in total. The second kappa shape index (κ2) is 7.22. The van der Waals surface area contributed by atoms with Crippen molar-refractivity contribution in [3.63, 3.8) is 0 Å². The largest absolute Gasteiger partial charge is 0.377 e. The van der Waals surface area contributed by atoms with Crippen molar-refractivity contribution in [2.75, 3.05) is 25.5 Å². The van der Waals surface area contributed by atoms with Crippen LogP contribution in [0.25, 0.3) is 0 Å². The molecule has 132 valence electrons. The molecule has 2 aromatic carbocycles. The number of nitrogens with zero attached hydrogens (tertiary/aromatic N) is 1. The van der Waals surface area contributed by atoms with Gasteiger partial charge < -0.3 is 5.32 Å². The predicted octanol–water partition coefficient (Wildman–Crippen LogP) is 3.93. The molecule has 0 aliphatic carbocycles. The molecule has 1 amide bonds. The number of likely N-dealkylation sites (tertiary alicyclic amines) is 1. The third kappa shape index (κ3) is 3.90. The van der Waals surface area contributed by atoms with Crippen molar-refractivity contribution in [3.05, 3.63) is 58.1 Å². The average Bonchev–Trinajstić information content (AvgIpc) is 2.96. The summed E-state index contributed by atoms with van der Waals surface area (Å²) < 4.78 is 0.749. The Morgan fingerprint density at radius 3 is 2.56 bits per heavy atom. The van der Waals surface area contributed by atoms with Crippen LogP contribution in [0.3, 0.4) is 0 Å². The Kier molecular flexibility index (Phi) is 5.20. The molecule has 5 nitrogen and oxygen atoms in total. The molecular weight excluding hydrogens is 361 g/mol. The number of hydrogen-bond acceptors (Lipinski definition) is 3. The van der Waals surface area contributed by atoms with Crippen molar-refractivity contribution in [3.8, 4) is 0 Å². The number of carbonyl (C=O) groups excluding carboxylic acids is 1. The Morgan fingerprint density at radius 1 is 1.20 bits per heavy atom. The van der Waals surface area contributed by atoms with Crippen molar-refractivity contribution in [2.45, 2.75) is 12.5 Å². The van der Waals surface area contributed by atoms with Crippen LogP contribution in [0.2, 0.25) is 10.0 Å². The van der Waals surface area contributed by atoms with Crippen LogP contribution in [0, 0.1) is 0 Å². The summed E-state index contributed by atoms with van der Waals surface area (Å²) in [6.07, 6.45) is 1.01. The average molecular weight is 381 g/mol. The van der Waals surface area contributed by atoms with Crippen LogP contribution in [0.15, 0.2) is 42.5 Å². The molecule has 0 saturated carbocycles. The first-order valence-electron chi connectivity index (χ1n) is 8.02. The number of benzene rings is 2. The van der Waals surface area contributed by atoms with E-state index < -0.39 is 5.91 Å². The van der Waals surface area contributed by atoms with Crippen LogP contribution in [0.1, 0.15) is 16.8 Å². The van der Waals surface area contributed by atoms with E-state index in [2.05, 4.69) is 12.4 Å². The minimum absolute atomic E-state index is 0.300. The number of hydroxylamine groups is 1. The second-order valence-corrected chi connectivity index (χ2v) is 7.39. The molecule has 3 rings (SSSR count). The van der Waals surface area contributed by atoms with Gasteiger partial charge in [-0.3, -0.25) is 14.5 Å². The fraction of sp³-hybridized carbons (Fsp3) is 0.278. The molecular formula is C18H20Cl2N3O2+. The molecule has 1 heterocycles. The summed E-state index contributed by atoms with van der Waals surface area (Å²) in [5, 5.41) is 13.5. The van der Waals surface area contributed by atoms with Crippen molar-refractivity contribution in [2.24, 2.45) is 0 Å². The van der Waals surface area contributed by atoms with Gasteiger partial charge in [-0.15, -0.1) is 0 Å². The van der Waals surface area contributed by atoms with E-state index in [-0.39, 0.29) is 0 Å². The molecule has 0 spiro atoms. The fourth-order valence-electron chi connectivity index (χ4n) is 3.38. The molecule has 25 heavy (non-hydrogen) atoms. The molecule has 0 bridgehead atoms. The third-order valence-electron chi connectivity index (χ3n) is 4.71. The standard InChI is InChI=1S/C18H19Cl2N3O2/c1-23(17-7-4-13(19)10-16(17)20)9-8-15(11-23)21-14-5-2-12(3-6-14)18(24)22-25/h2-7,10,15H,8-9,11H2,1H3,(H2-,21,22,24,25)/p+1. The van der Waals surface area contributed by atoms with Crippen molar-refractivity contribution in [1.82, 2.24) is 9.96 Å². The van der Waals surface area contributed by atoms with E-state index in [9.17, 15) is 4.79 Å². The van der Waals surface area contributed by atoms with Crippen molar-refractivity contribution >= 4 is 40.5 Å². The molecule has 2 atom stereocenters. The van der Waals surface area contributed by atoms with E-state index in [0.29, 0.717) is 21.7 Å². The highest BCUT2D eigenvalue weighted by molar-refractivity contribution is 6.36. The van der Waals surface area contributed by atoms with Gasteiger partial charge in [0.25, 0.3) is 5.91 Å². The number of hydrogen-bond donors (Lipinski definition) is 3. The third-order valence-corrected chi connectivity index (χ3v) is 5.24. The quantitative estimate of drug-likeness (QED) is 0.427. The first-order chi connectivity index (χ1) is 11.9. The Bertz CT molecular complexity index is 782. The zero-order chi connectivity index (χ0) is 18.0. The van der Waals surface area contributed by atoms with Gasteiger partial charge in [0.15, 0.2) is 5.69 Å². The minimum atomic E-state index is -0.519. The number of rotatable bonds is 4. The van der Waals surface area contributed by atoms with Gasteiger partial charge in [-0.05, 0) is 36.4 Å². The summed E-state index contributed by atoms with van der Waals surface area (Å²) in [6.45, 7) is 1.88. The van der Waals surface area contributed by atoms with Crippen LogP contribution < -0.4 is 15.3 Å². The zero-order valence-corrected chi connectivity index (χ0v) is 15.3. The molecule has 1 saturated heterocycles. The van der Waals surface area contributed by atoms with E-state index in [1.54, 1.807) is 23.7 Å². The van der Waals surface area contributed by atoms with Crippen molar-refractivity contribution in [1.29, 1.82) is 0 Å². The highest BCUT2D eigenvalue weighted by Gasteiger charge is 2.37. The summed E-state index contributed by atoms with van der Waals surface area (Å²) in [5.74, 6) is -0.519. The van der Waals surface area contributed by atoms with Crippen LogP contribution in [0.4, 0.5) is 11.4 Å². The Labute approximate surface area is 156 Å². The van der Waals surface area contributed by atoms with Gasteiger partial charge in [0.05, 0.1) is 19.6 Å². The zero-order valence-electron chi connectivity index (χ0n) is 13.8. The van der Waals surface area contributed by atoms with Gasteiger partial charge in [0, 0.05) is 28.8 Å². The summed E-state index contributed by atoms with van der Waals surface area (Å²) >= 11 is 12.4. The second-order valence-electron chi connectivity index (χ2n) is 6.55. The monoisotopic (exact) mass is 380 g/mol. The Morgan fingerprint density at radius 2 is 1.92 bits per heavy atom. The summed E-state index contributed by atoms with van der Waals surface area (Å²) in [6, 6.07) is 13.0. The molecule has 1 fully saturated rings. The van der Waals surface area contributed by atoms with E-state index >= 15 is 0 Å². The van der Waals surface area contributed by atoms with E-state index in [1.807, 2.05) is 24.3 Å². The number of nitrogens with one attached hydrogen (secondary N) is 2. The van der Waals surface area contributed by atoms with Crippen LogP contribution in [-0.2, 0) is 0 Å². The minimum Gasteiger partial charge on any atom is -0.377 e. The van der Waals surface area contributed by atoms with Crippen LogP contribution in [-0.4, -0.2) is 37.3 Å². The highest BCUT2D eigenvalue weighted by Crippen LogP contribution is 2.36. The number of anilines is 1. The van der Waals surface area contributed by atoms with Crippen molar-refractivity contribution < 1.29 is 10.0 Å². The number of carbonyl (C=O) groups is 1. The lowest BCUT2D eigenvalue weighted by Crippen LogP contribution is -2.44. The molecule has 1 aliphatic heterocycles. The SMILES string of the molecule is C[N+]1(c2ccc(Cl)cc2Cl)CCC(Nc2ccc(C(=O)NO)cc2)C1.